The van der Waals surface area contributed by atoms with Crippen LogP contribution in [0.2, 0.25) is 0 Å². The SMILES string of the molecule is COC(=O)Cc1cc(C)c(OC)cc1CCl. The van der Waals surface area contributed by atoms with Gasteiger partial charge in [0.1, 0.15) is 5.75 Å². The number of aryl methyl sites for hydroxylation is 1. The molecule has 0 aromatic heterocycles. The van der Waals surface area contributed by atoms with E-state index in [0.717, 1.165) is 22.4 Å². The van der Waals surface area contributed by atoms with E-state index in [2.05, 4.69) is 4.74 Å². The van der Waals surface area contributed by atoms with E-state index < -0.39 is 0 Å². The van der Waals surface area contributed by atoms with Crippen LogP contribution >= 0.6 is 11.6 Å². The molecule has 0 fully saturated rings. The fourth-order valence-electron chi connectivity index (χ4n) is 1.53. The summed E-state index contributed by atoms with van der Waals surface area (Å²) in [5.74, 6) is 0.864. The Kier molecular flexibility index (Phi) is 4.62. The maximum atomic E-state index is 11.2. The van der Waals surface area contributed by atoms with E-state index in [0.29, 0.717) is 5.88 Å². The number of hydrogen-bond acceptors (Lipinski definition) is 3. The van der Waals surface area contributed by atoms with Crippen molar-refractivity contribution >= 4 is 17.6 Å². The van der Waals surface area contributed by atoms with Crippen molar-refractivity contribution in [2.75, 3.05) is 14.2 Å². The average molecular weight is 243 g/mol. The normalized spacial score (nSPS) is 10.0. The lowest BCUT2D eigenvalue weighted by molar-refractivity contribution is -0.139. The second-order valence-corrected chi connectivity index (χ2v) is 3.74. The van der Waals surface area contributed by atoms with Gasteiger partial charge in [-0.2, -0.15) is 0 Å². The van der Waals surface area contributed by atoms with Crippen LogP contribution in [0.1, 0.15) is 16.7 Å². The number of carbonyl (C=O) groups is 1. The molecule has 0 N–H and O–H groups in total. The molecule has 0 amide bonds. The van der Waals surface area contributed by atoms with Crippen molar-refractivity contribution in [1.82, 2.24) is 0 Å². The minimum atomic E-state index is -0.268. The summed E-state index contributed by atoms with van der Waals surface area (Å²) in [6.07, 6.45) is 0.239. The van der Waals surface area contributed by atoms with Gasteiger partial charge in [-0.1, -0.05) is 6.07 Å². The Bertz CT molecular complexity index is 388. The summed E-state index contributed by atoms with van der Waals surface area (Å²) < 4.78 is 9.84. The van der Waals surface area contributed by atoms with Gasteiger partial charge >= 0.3 is 5.97 Å². The predicted octanol–water partition coefficient (Wildman–Crippen LogP) is 2.46. The van der Waals surface area contributed by atoms with Crippen molar-refractivity contribution in [3.63, 3.8) is 0 Å². The zero-order valence-corrected chi connectivity index (χ0v) is 10.4. The highest BCUT2D eigenvalue weighted by molar-refractivity contribution is 6.17. The van der Waals surface area contributed by atoms with Gasteiger partial charge in [-0.05, 0) is 29.7 Å². The Morgan fingerprint density at radius 1 is 1.31 bits per heavy atom. The van der Waals surface area contributed by atoms with Gasteiger partial charge in [-0.25, -0.2) is 0 Å². The summed E-state index contributed by atoms with van der Waals surface area (Å²) in [5.41, 5.74) is 2.77. The van der Waals surface area contributed by atoms with Gasteiger partial charge in [0, 0.05) is 5.88 Å². The Morgan fingerprint density at radius 2 is 2.00 bits per heavy atom. The van der Waals surface area contributed by atoms with Gasteiger partial charge in [0.2, 0.25) is 0 Å². The largest absolute Gasteiger partial charge is 0.496 e. The zero-order valence-electron chi connectivity index (χ0n) is 9.67. The van der Waals surface area contributed by atoms with Gasteiger partial charge in [0.05, 0.1) is 20.6 Å². The summed E-state index contributed by atoms with van der Waals surface area (Å²) in [7, 11) is 2.99. The van der Waals surface area contributed by atoms with Gasteiger partial charge in [-0.15, -0.1) is 11.6 Å². The van der Waals surface area contributed by atoms with Crippen LogP contribution in [0.3, 0.4) is 0 Å². The van der Waals surface area contributed by atoms with Gasteiger partial charge < -0.3 is 9.47 Å². The van der Waals surface area contributed by atoms with Gasteiger partial charge in [0.25, 0.3) is 0 Å². The molecule has 0 bridgehead atoms. The number of alkyl halides is 1. The Balaban J connectivity index is 3.08. The first-order valence-electron chi connectivity index (χ1n) is 4.91. The summed E-state index contributed by atoms with van der Waals surface area (Å²) in [4.78, 5) is 11.2. The lowest BCUT2D eigenvalue weighted by Gasteiger charge is -2.11. The van der Waals surface area contributed by atoms with E-state index in [1.165, 1.54) is 7.11 Å². The minimum absolute atomic E-state index is 0.239. The molecule has 4 heteroatoms. The summed E-state index contributed by atoms with van der Waals surface area (Å²) >= 11 is 5.83. The fourth-order valence-corrected chi connectivity index (χ4v) is 1.78. The lowest BCUT2D eigenvalue weighted by atomic mass is 10.0. The van der Waals surface area contributed by atoms with E-state index in [1.807, 2.05) is 19.1 Å². The van der Waals surface area contributed by atoms with Crippen LogP contribution < -0.4 is 4.74 Å². The molecule has 0 saturated heterocycles. The van der Waals surface area contributed by atoms with Crippen molar-refractivity contribution in [1.29, 1.82) is 0 Å². The molecule has 3 nitrogen and oxygen atoms in total. The zero-order chi connectivity index (χ0) is 12.1. The predicted molar refractivity (Wildman–Crippen MR) is 63.0 cm³/mol. The number of esters is 1. The van der Waals surface area contributed by atoms with Crippen LogP contribution in [0.15, 0.2) is 12.1 Å². The van der Waals surface area contributed by atoms with Crippen molar-refractivity contribution in [2.45, 2.75) is 19.2 Å². The van der Waals surface area contributed by atoms with Crippen LogP contribution in [0.25, 0.3) is 0 Å². The summed E-state index contributed by atoms with van der Waals surface area (Å²) in [6.45, 7) is 1.93. The van der Waals surface area contributed by atoms with Crippen LogP contribution in [0.5, 0.6) is 5.75 Å². The first-order chi connectivity index (χ1) is 7.62. The molecule has 16 heavy (non-hydrogen) atoms. The van der Waals surface area contributed by atoms with Gasteiger partial charge in [0.15, 0.2) is 0 Å². The Hall–Kier alpha value is -1.22. The third-order valence-electron chi connectivity index (χ3n) is 2.42. The number of halogens is 1. The van der Waals surface area contributed by atoms with Crippen molar-refractivity contribution in [3.8, 4) is 5.75 Å². The highest BCUT2D eigenvalue weighted by atomic mass is 35.5. The summed E-state index contributed by atoms with van der Waals surface area (Å²) in [6, 6.07) is 3.77. The number of hydrogen-bond donors (Lipinski definition) is 0. The minimum Gasteiger partial charge on any atom is -0.496 e. The number of methoxy groups -OCH3 is 2. The molecule has 0 saturated carbocycles. The highest BCUT2D eigenvalue weighted by Gasteiger charge is 2.11. The Labute approximate surface area is 100 Å². The monoisotopic (exact) mass is 242 g/mol. The number of carbonyl (C=O) groups excluding carboxylic acids is 1. The van der Waals surface area contributed by atoms with E-state index >= 15 is 0 Å². The third-order valence-corrected chi connectivity index (χ3v) is 2.71. The van der Waals surface area contributed by atoms with E-state index in [-0.39, 0.29) is 12.4 Å². The van der Waals surface area contributed by atoms with Crippen molar-refractivity contribution in [3.05, 3.63) is 28.8 Å². The van der Waals surface area contributed by atoms with Crippen molar-refractivity contribution in [2.24, 2.45) is 0 Å². The van der Waals surface area contributed by atoms with E-state index in [1.54, 1.807) is 7.11 Å². The maximum absolute atomic E-state index is 11.2. The molecule has 88 valence electrons. The highest BCUT2D eigenvalue weighted by Crippen LogP contribution is 2.24. The van der Waals surface area contributed by atoms with Crippen LogP contribution in [-0.2, 0) is 21.8 Å². The molecule has 1 aromatic carbocycles. The van der Waals surface area contributed by atoms with Crippen LogP contribution in [-0.4, -0.2) is 20.2 Å². The molecule has 0 spiro atoms. The first kappa shape index (κ1) is 12.8. The molecule has 0 aliphatic heterocycles. The van der Waals surface area contributed by atoms with Crippen molar-refractivity contribution < 1.29 is 14.3 Å². The number of benzene rings is 1. The molecule has 1 rings (SSSR count). The topological polar surface area (TPSA) is 35.5 Å². The second-order valence-electron chi connectivity index (χ2n) is 3.48. The number of ether oxygens (including phenoxy) is 2. The quantitative estimate of drug-likeness (QED) is 0.601. The van der Waals surface area contributed by atoms with Crippen LogP contribution in [0, 0.1) is 6.92 Å². The molecule has 1 aromatic rings. The smallest absolute Gasteiger partial charge is 0.309 e. The molecule has 0 heterocycles. The molecule has 0 radical (unpaired) electrons. The first-order valence-corrected chi connectivity index (χ1v) is 5.45. The molecular weight excluding hydrogens is 228 g/mol. The standard InChI is InChI=1S/C12H15ClO3/c1-8-4-9(6-12(14)16-3)10(7-13)5-11(8)15-2/h4-5H,6-7H2,1-3H3. The molecule has 0 aliphatic rings. The van der Waals surface area contributed by atoms with E-state index in [9.17, 15) is 4.79 Å². The Morgan fingerprint density at radius 3 is 2.50 bits per heavy atom. The van der Waals surface area contributed by atoms with Gasteiger partial charge in [-0.3, -0.25) is 4.79 Å². The molecule has 0 aliphatic carbocycles. The molecular formula is C12H15ClO3. The average Bonchev–Trinajstić information content (AvgIpc) is 2.29. The van der Waals surface area contributed by atoms with E-state index in [4.69, 9.17) is 16.3 Å². The second kappa shape index (κ2) is 5.75. The lowest BCUT2D eigenvalue weighted by Crippen LogP contribution is -2.07. The number of rotatable bonds is 4. The maximum Gasteiger partial charge on any atom is 0.309 e. The van der Waals surface area contributed by atoms with Crippen LogP contribution in [0.4, 0.5) is 0 Å². The summed E-state index contributed by atoms with van der Waals surface area (Å²) in [5, 5.41) is 0. The third kappa shape index (κ3) is 2.89. The fraction of sp³-hybridized carbons (Fsp3) is 0.417. The molecule has 0 atom stereocenters. The molecule has 0 unspecified atom stereocenters.